The molecule has 1 atom stereocenters. The molecule has 0 aliphatic heterocycles. The molecule has 1 aromatic heterocycles. The first-order chi connectivity index (χ1) is 7.71. The molecule has 0 saturated heterocycles. The zero-order chi connectivity index (χ0) is 12.0. The molecule has 90 valence electrons. The van der Waals surface area contributed by atoms with Gasteiger partial charge in [0.15, 0.2) is 0 Å². The quantitative estimate of drug-likeness (QED) is 0.767. The van der Waals surface area contributed by atoms with Crippen molar-refractivity contribution >= 4 is 6.20 Å². The minimum atomic E-state index is 0.557. The second-order valence-electron chi connectivity index (χ2n) is 4.26. The lowest BCUT2D eigenvalue weighted by Gasteiger charge is -2.22. The topological polar surface area (TPSA) is 29.9 Å². The Morgan fingerprint density at radius 1 is 1.50 bits per heavy atom. The van der Waals surface area contributed by atoms with Crippen molar-refractivity contribution in [1.82, 2.24) is 15.1 Å². The Hall–Kier alpha value is -1.09. The van der Waals surface area contributed by atoms with Gasteiger partial charge in [0.25, 0.3) is 0 Å². The number of aromatic nitrogens is 2. The number of rotatable bonds is 7. The summed E-state index contributed by atoms with van der Waals surface area (Å²) in [5, 5.41) is 7.71. The van der Waals surface area contributed by atoms with E-state index in [1.54, 1.807) is 10.9 Å². The van der Waals surface area contributed by atoms with E-state index in [1.807, 2.05) is 12.4 Å². The van der Waals surface area contributed by atoms with E-state index >= 15 is 0 Å². The molecule has 1 aromatic rings. The van der Waals surface area contributed by atoms with Crippen molar-refractivity contribution in [2.24, 2.45) is 5.92 Å². The third-order valence-corrected chi connectivity index (χ3v) is 3.23. The van der Waals surface area contributed by atoms with Gasteiger partial charge in [0.1, 0.15) is 0 Å². The minimum absolute atomic E-state index is 0.557. The molecule has 0 bridgehead atoms. The van der Waals surface area contributed by atoms with Crippen molar-refractivity contribution in [3.8, 4) is 0 Å². The molecule has 1 unspecified atom stereocenters. The molecule has 0 aromatic carbocycles. The van der Waals surface area contributed by atoms with Crippen LogP contribution in [0.1, 0.15) is 39.2 Å². The highest BCUT2D eigenvalue weighted by molar-refractivity contribution is 5.17. The molecule has 1 rings (SSSR count). The zero-order valence-corrected chi connectivity index (χ0v) is 10.6. The SMILES string of the molecule is C=Cn1cc(CNC(C)C(CC)CC)cn1. The smallest absolute Gasteiger partial charge is 0.0538 e. The molecule has 3 heteroatoms. The van der Waals surface area contributed by atoms with E-state index in [4.69, 9.17) is 0 Å². The van der Waals surface area contributed by atoms with Crippen LogP contribution in [-0.2, 0) is 6.54 Å². The first-order valence-corrected chi connectivity index (χ1v) is 6.10. The maximum Gasteiger partial charge on any atom is 0.0538 e. The summed E-state index contributed by atoms with van der Waals surface area (Å²) in [7, 11) is 0. The van der Waals surface area contributed by atoms with Gasteiger partial charge in [-0.25, -0.2) is 4.68 Å². The van der Waals surface area contributed by atoms with Gasteiger partial charge in [-0.15, -0.1) is 0 Å². The van der Waals surface area contributed by atoms with Gasteiger partial charge in [0.2, 0.25) is 0 Å². The standard InChI is InChI=1S/C13H23N3/c1-5-13(6-2)11(4)14-8-12-9-15-16(7-3)10-12/h7,9-11,13-14H,3,5-6,8H2,1-2,4H3. The van der Waals surface area contributed by atoms with Crippen LogP contribution in [0.25, 0.3) is 6.20 Å². The van der Waals surface area contributed by atoms with Crippen LogP contribution >= 0.6 is 0 Å². The van der Waals surface area contributed by atoms with Gasteiger partial charge < -0.3 is 5.32 Å². The average molecular weight is 221 g/mol. The lowest BCUT2D eigenvalue weighted by Crippen LogP contribution is -2.32. The third-order valence-electron chi connectivity index (χ3n) is 3.23. The molecule has 1 heterocycles. The molecule has 0 radical (unpaired) electrons. The van der Waals surface area contributed by atoms with Gasteiger partial charge in [0.05, 0.1) is 6.20 Å². The predicted molar refractivity (Wildman–Crippen MR) is 69.0 cm³/mol. The van der Waals surface area contributed by atoms with E-state index in [2.05, 4.69) is 37.8 Å². The van der Waals surface area contributed by atoms with Crippen molar-refractivity contribution in [2.45, 2.75) is 46.2 Å². The first kappa shape index (κ1) is 13.0. The van der Waals surface area contributed by atoms with E-state index in [1.165, 1.54) is 18.4 Å². The Labute approximate surface area is 98.5 Å². The maximum atomic E-state index is 4.16. The summed E-state index contributed by atoms with van der Waals surface area (Å²) in [6, 6.07) is 0.557. The van der Waals surface area contributed by atoms with Crippen molar-refractivity contribution in [3.05, 3.63) is 24.5 Å². The Morgan fingerprint density at radius 3 is 2.69 bits per heavy atom. The molecular formula is C13H23N3. The number of nitrogens with zero attached hydrogens (tertiary/aromatic N) is 2. The van der Waals surface area contributed by atoms with Crippen LogP contribution in [-0.4, -0.2) is 15.8 Å². The largest absolute Gasteiger partial charge is 0.310 e. The lowest BCUT2D eigenvalue weighted by molar-refractivity contribution is 0.353. The van der Waals surface area contributed by atoms with Crippen LogP contribution in [0.4, 0.5) is 0 Å². The van der Waals surface area contributed by atoms with E-state index in [-0.39, 0.29) is 0 Å². The summed E-state index contributed by atoms with van der Waals surface area (Å²) in [6.45, 7) is 11.3. The fraction of sp³-hybridized carbons (Fsp3) is 0.615. The number of hydrogen-bond donors (Lipinski definition) is 1. The molecule has 0 aliphatic carbocycles. The summed E-state index contributed by atoms with van der Waals surface area (Å²) >= 11 is 0. The molecule has 0 fully saturated rings. The van der Waals surface area contributed by atoms with Crippen LogP contribution in [0.15, 0.2) is 19.0 Å². The Morgan fingerprint density at radius 2 is 2.19 bits per heavy atom. The molecule has 0 spiro atoms. The van der Waals surface area contributed by atoms with Gasteiger partial charge in [-0.05, 0) is 12.8 Å². The highest BCUT2D eigenvalue weighted by Gasteiger charge is 2.12. The van der Waals surface area contributed by atoms with Gasteiger partial charge in [0, 0.05) is 30.5 Å². The fourth-order valence-corrected chi connectivity index (χ4v) is 2.01. The molecule has 0 amide bonds. The summed E-state index contributed by atoms with van der Waals surface area (Å²) in [6.07, 6.45) is 8.05. The predicted octanol–water partition coefficient (Wildman–Crippen LogP) is 2.90. The fourth-order valence-electron chi connectivity index (χ4n) is 2.01. The Balaban J connectivity index is 2.41. The summed E-state index contributed by atoms with van der Waals surface area (Å²) in [5.41, 5.74) is 1.21. The number of hydrogen-bond acceptors (Lipinski definition) is 2. The van der Waals surface area contributed by atoms with Crippen LogP contribution in [0, 0.1) is 5.92 Å². The van der Waals surface area contributed by atoms with Gasteiger partial charge in [-0.3, -0.25) is 0 Å². The van der Waals surface area contributed by atoms with E-state index < -0.39 is 0 Å². The molecule has 0 saturated carbocycles. The highest BCUT2D eigenvalue weighted by Crippen LogP contribution is 2.13. The monoisotopic (exact) mass is 221 g/mol. The molecule has 3 nitrogen and oxygen atoms in total. The summed E-state index contributed by atoms with van der Waals surface area (Å²) in [4.78, 5) is 0. The molecular weight excluding hydrogens is 198 g/mol. The second kappa shape index (κ2) is 6.48. The van der Waals surface area contributed by atoms with Crippen molar-refractivity contribution < 1.29 is 0 Å². The second-order valence-corrected chi connectivity index (χ2v) is 4.26. The van der Waals surface area contributed by atoms with E-state index in [9.17, 15) is 0 Å². The Bertz CT molecular complexity index is 313. The Kier molecular flexibility index (Phi) is 5.26. The number of nitrogens with one attached hydrogen (secondary N) is 1. The first-order valence-electron chi connectivity index (χ1n) is 6.10. The van der Waals surface area contributed by atoms with Crippen LogP contribution in [0.3, 0.4) is 0 Å². The van der Waals surface area contributed by atoms with Gasteiger partial charge >= 0.3 is 0 Å². The lowest BCUT2D eigenvalue weighted by atomic mass is 9.95. The summed E-state index contributed by atoms with van der Waals surface area (Å²) < 4.78 is 1.73. The van der Waals surface area contributed by atoms with Crippen LogP contribution < -0.4 is 5.32 Å². The molecule has 16 heavy (non-hydrogen) atoms. The molecule has 0 aliphatic rings. The maximum absolute atomic E-state index is 4.16. The minimum Gasteiger partial charge on any atom is -0.310 e. The highest BCUT2D eigenvalue weighted by atomic mass is 15.2. The zero-order valence-electron chi connectivity index (χ0n) is 10.6. The van der Waals surface area contributed by atoms with E-state index in [0.29, 0.717) is 6.04 Å². The van der Waals surface area contributed by atoms with Gasteiger partial charge in [-0.1, -0.05) is 33.3 Å². The van der Waals surface area contributed by atoms with Crippen LogP contribution in [0.5, 0.6) is 0 Å². The molecule has 1 N–H and O–H groups in total. The van der Waals surface area contributed by atoms with Crippen molar-refractivity contribution in [3.63, 3.8) is 0 Å². The summed E-state index contributed by atoms with van der Waals surface area (Å²) in [5.74, 6) is 0.759. The van der Waals surface area contributed by atoms with E-state index in [0.717, 1.165) is 12.5 Å². The van der Waals surface area contributed by atoms with Crippen molar-refractivity contribution in [2.75, 3.05) is 0 Å². The normalized spacial score (nSPS) is 13.0. The van der Waals surface area contributed by atoms with Gasteiger partial charge in [-0.2, -0.15) is 5.10 Å². The van der Waals surface area contributed by atoms with Crippen LogP contribution in [0.2, 0.25) is 0 Å². The van der Waals surface area contributed by atoms with Crippen molar-refractivity contribution in [1.29, 1.82) is 0 Å². The average Bonchev–Trinajstić information content (AvgIpc) is 2.76. The third kappa shape index (κ3) is 3.49.